The first-order valence-electron chi connectivity index (χ1n) is 6.59. The number of methoxy groups -OCH3 is 1. The fourth-order valence-electron chi connectivity index (χ4n) is 2.72. The van der Waals surface area contributed by atoms with Gasteiger partial charge in [-0.1, -0.05) is 12.1 Å². The standard InChI is InChI=1S/C15H13N3O4/c1-17-8-9-6-12(15(19)22-2)16-7-11(9)10-4-3-5-13(14(10)17)18(20)21/h3-7H,8H2,1-2H3. The number of anilines is 1. The first kappa shape index (κ1) is 14.0. The van der Waals surface area contributed by atoms with Gasteiger partial charge in [0.05, 0.1) is 12.0 Å². The molecule has 112 valence electrons. The maximum atomic E-state index is 11.6. The number of esters is 1. The predicted molar refractivity (Wildman–Crippen MR) is 79.8 cm³/mol. The van der Waals surface area contributed by atoms with Crippen molar-refractivity contribution < 1.29 is 14.5 Å². The van der Waals surface area contributed by atoms with Crippen LogP contribution in [0.2, 0.25) is 0 Å². The highest BCUT2D eigenvalue weighted by atomic mass is 16.6. The summed E-state index contributed by atoms with van der Waals surface area (Å²) in [5.41, 5.74) is 3.26. The van der Waals surface area contributed by atoms with Crippen molar-refractivity contribution >= 4 is 17.3 Å². The maximum Gasteiger partial charge on any atom is 0.356 e. The molecule has 0 unspecified atom stereocenters. The van der Waals surface area contributed by atoms with E-state index in [1.165, 1.54) is 13.2 Å². The molecule has 0 radical (unpaired) electrons. The first-order valence-corrected chi connectivity index (χ1v) is 6.59. The Labute approximate surface area is 126 Å². The third kappa shape index (κ3) is 2.07. The van der Waals surface area contributed by atoms with Crippen LogP contribution in [0.5, 0.6) is 0 Å². The molecule has 0 bridgehead atoms. The molecule has 0 saturated heterocycles. The molecule has 2 aromatic rings. The average Bonchev–Trinajstić information content (AvgIpc) is 2.53. The van der Waals surface area contributed by atoms with Crippen LogP contribution >= 0.6 is 0 Å². The second kappa shape index (κ2) is 5.10. The van der Waals surface area contributed by atoms with Gasteiger partial charge in [0.1, 0.15) is 11.4 Å². The summed E-state index contributed by atoms with van der Waals surface area (Å²) >= 11 is 0. The van der Waals surface area contributed by atoms with E-state index in [-0.39, 0.29) is 11.4 Å². The molecule has 1 aromatic heterocycles. The smallest absolute Gasteiger partial charge is 0.356 e. The number of benzene rings is 1. The average molecular weight is 299 g/mol. The van der Waals surface area contributed by atoms with Gasteiger partial charge in [-0.15, -0.1) is 0 Å². The summed E-state index contributed by atoms with van der Waals surface area (Å²) < 4.78 is 4.67. The van der Waals surface area contributed by atoms with Crippen molar-refractivity contribution in [2.24, 2.45) is 0 Å². The lowest BCUT2D eigenvalue weighted by atomic mass is 9.94. The Bertz CT molecular complexity index is 788. The SMILES string of the molecule is COC(=O)c1cc2c(cn1)-c1cccc([N+](=O)[O-])c1N(C)C2. The summed E-state index contributed by atoms with van der Waals surface area (Å²) in [6, 6.07) is 6.61. The Morgan fingerprint density at radius 1 is 1.41 bits per heavy atom. The number of carbonyl (C=O) groups excluding carboxylic acids is 1. The Balaban J connectivity index is 2.20. The van der Waals surface area contributed by atoms with E-state index in [1.807, 2.05) is 6.07 Å². The van der Waals surface area contributed by atoms with Crippen LogP contribution in [0.4, 0.5) is 11.4 Å². The minimum atomic E-state index is -0.504. The molecule has 22 heavy (non-hydrogen) atoms. The van der Waals surface area contributed by atoms with Crippen LogP contribution in [0.1, 0.15) is 16.1 Å². The van der Waals surface area contributed by atoms with Crippen molar-refractivity contribution in [2.45, 2.75) is 6.54 Å². The molecule has 0 aliphatic carbocycles. The highest BCUT2D eigenvalue weighted by Crippen LogP contribution is 2.43. The first-order chi connectivity index (χ1) is 10.5. The third-order valence-electron chi connectivity index (χ3n) is 3.67. The maximum absolute atomic E-state index is 11.6. The Morgan fingerprint density at radius 3 is 2.86 bits per heavy atom. The lowest BCUT2D eigenvalue weighted by Crippen LogP contribution is -2.23. The van der Waals surface area contributed by atoms with Gasteiger partial charge in [-0.2, -0.15) is 0 Å². The number of para-hydroxylation sites is 1. The molecule has 1 aromatic carbocycles. The molecule has 7 heteroatoms. The van der Waals surface area contributed by atoms with Gasteiger partial charge in [-0.05, 0) is 11.6 Å². The number of carbonyl (C=O) groups is 1. The summed E-state index contributed by atoms with van der Waals surface area (Å²) in [4.78, 5) is 28.3. The summed E-state index contributed by atoms with van der Waals surface area (Å²) in [5.74, 6) is -0.504. The minimum Gasteiger partial charge on any atom is -0.464 e. The number of nitro benzene ring substituents is 1. The van der Waals surface area contributed by atoms with Crippen molar-refractivity contribution in [2.75, 3.05) is 19.1 Å². The molecule has 0 saturated carbocycles. The van der Waals surface area contributed by atoms with E-state index in [2.05, 4.69) is 9.72 Å². The molecule has 0 spiro atoms. The van der Waals surface area contributed by atoms with Crippen LogP contribution < -0.4 is 4.90 Å². The number of pyridine rings is 1. The summed E-state index contributed by atoms with van der Waals surface area (Å²) in [5, 5.41) is 11.2. The van der Waals surface area contributed by atoms with E-state index in [9.17, 15) is 14.9 Å². The van der Waals surface area contributed by atoms with Gasteiger partial charge in [-0.3, -0.25) is 10.1 Å². The third-order valence-corrected chi connectivity index (χ3v) is 3.67. The second-order valence-electron chi connectivity index (χ2n) is 5.00. The number of nitro groups is 1. The summed E-state index contributed by atoms with van der Waals surface area (Å²) in [6.45, 7) is 0.458. The zero-order valence-electron chi connectivity index (χ0n) is 12.1. The topological polar surface area (TPSA) is 85.6 Å². The van der Waals surface area contributed by atoms with E-state index in [1.54, 1.807) is 30.3 Å². The van der Waals surface area contributed by atoms with Crippen LogP contribution in [0.25, 0.3) is 11.1 Å². The largest absolute Gasteiger partial charge is 0.464 e. The predicted octanol–water partition coefficient (Wildman–Crippen LogP) is 2.39. The molecule has 7 nitrogen and oxygen atoms in total. The number of ether oxygens (including phenoxy) is 1. The van der Waals surface area contributed by atoms with Gasteiger partial charge in [0.2, 0.25) is 0 Å². The van der Waals surface area contributed by atoms with Crippen LogP contribution in [-0.4, -0.2) is 30.0 Å². The van der Waals surface area contributed by atoms with Crippen LogP contribution in [0.15, 0.2) is 30.5 Å². The number of rotatable bonds is 2. The number of aromatic nitrogens is 1. The molecule has 0 N–H and O–H groups in total. The van der Waals surface area contributed by atoms with Crippen LogP contribution in [0, 0.1) is 10.1 Å². The van der Waals surface area contributed by atoms with Gasteiger partial charge >= 0.3 is 5.97 Å². The molecule has 0 atom stereocenters. The van der Waals surface area contributed by atoms with Crippen molar-refractivity contribution in [1.29, 1.82) is 0 Å². The highest BCUT2D eigenvalue weighted by Gasteiger charge is 2.28. The zero-order valence-corrected chi connectivity index (χ0v) is 12.1. The molecule has 0 fully saturated rings. The minimum absolute atomic E-state index is 0.0581. The molecular weight excluding hydrogens is 286 g/mol. The molecule has 1 aliphatic heterocycles. The zero-order chi connectivity index (χ0) is 15.9. The van der Waals surface area contributed by atoms with Crippen molar-refractivity contribution in [1.82, 2.24) is 4.98 Å². The number of fused-ring (bicyclic) bond motifs is 3. The molecule has 3 rings (SSSR count). The van der Waals surface area contributed by atoms with E-state index in [4.69, 9.17) is 0 Å². The fourth-order valence-corrected chi connectivity index (χ4v) is 2.72. The van der Waals surface area contributed by atoms with Gasteiger partial charge in [-0.25, -0.2) is 9.78 Å². The molecular formula is C15H13N3O4. The van der Waals surface area contributed by atoms with E-state index in [0.29, 0.717) is 12.2 Å². The Morgan fingerprint density at radius 2 is 2.18 bits per heavy atom. The van der Waals surface area contributed by atoms with Gasteiger partial charge in [0.25, 0.3) is 5.69 Å². The van der Waals surface area contributed by atoms with Crippen molar-refractivity contribution in [3.8, 4) is 11.1 Å². The summed E-state index contributed by atoms with van der Waals surface area (Å²) in [6.07, 6.45) is 1.57. The van der Waals surface area contributed by atoms with Gasteiger partial charge < -0.3 is 9.64 Å². The van der Waals surface area contributed by atoms with E-state index < -0.39 is 10.9 Å². The van der Waals surface area contributed by atoms with E-state index in [0.717, 1.165) is 16.7 Å². The summed E-state index contributed by atoms with van der Waals surface area (Å²) in [7, 11) is 3.08. The Hall–Kier alpha value is -2.96. The number of nitrogens with zero attached hydrogens (tertiary/aromatic N) is 3. The fraction of sp³-hybridized carbons (Fsp3) is 0.200. The van der Waals surface area contributed by atoms with Crippen LogP contribution in [0.3, 0.4) is 0 Å². The normalized spacial score (nSPS) is 12.4. The Kier molecular flexibility index (Phi) is 3.25. The number of hydrogen-bond donors (Lipinski definition) is 0. The molecule has 2 heterocycles. The molecule has 0 amide bonds. The van der Waals surface area contributed by atoms with Gasteiger partial charge in [0.15, 0.2) is 0 Å². The molecule has 1 aliphatic rings. The quantitative estimate of drug-likeness (QED) is 0.481. The van der Waals surface area contributed by atoms with Crippen molar-refractivity contribution in [3.05, 3.63) is 51.8 Å². The van der Waals surface area contributed by atoms with E-state index >= 15 is 0 Å². The van der Waals surface area contributed by atoms with Crippen LogP contribution in [-0.2, 0) is 11.3 Å². The van der Waals surface area contributed by atoms with Crippen molar-refractivity contribution in [3.63, 3.8) is 0 Å². The lowest BCUT2D eigenvalue weighted by molar-refractivity contribution is -0.384. The van der Waals surface area contributed by atoms with Gasteiger partial charge in [0, 0.05) is 37.0 Å². The number of hydrogen-bond acceptors (Lipinski definition) is 6. The monoisotopic (exact) mass is 299 g/mol. The lowest BCUT2D eigenvalue weighted by Gasteiger charge is -2.29. The highest BCUT2D eigenvalue weighted by molar-refractivity contribution is 5.92. The second-order valence-corrected chi connectivity index (χ2v) is 5.00.